The molecular formula is C18H18N2O6S. The van der Waals surface area contributed by atoms with Crippen LogP contribution < -0.4 is 20.1 Å². The second-order valence-corrected chi connectivity index (χ2v) is 5.91. The summed E-state index contributed by atoms with van der Waals surface area (Å²) in [6, 6.07) is 7.40. The fourth-order valence-electron chi connectivity index (χ4n) is 2.29. The summed E-state index contributed by atoms with van der Waals surface area (Å²) in [5, 5.41) is 24.1. The molecule has 0 atom stereocenters. The number of nitrogens with one attached hydrogen (secondary N) is 2. The lowest BCUT2D eigenvalue weighted by molar-refractivity contribution is 0.0693. The molecule has 0 spiro atoms. The summed E-state index contributed by atoms with van der Waals surface area (Å²) in [6.07, 6.45) is 0. The molecule has 2 aromatic rings. The topological polar surface area (TPSA) is 117 Å². The molecule has 2 aromatic carbocycles. The maximum Gasteiger partial charge on any atom is 0.339 e. The van der Waals surface area contributed by atoms with Crippen molar-refractivity contribution in [1.82, 2.24) is 5.32 Å². The predicted molar refractivity (Wildman–Crippen MR) is 103 cm³/mol. The predicted octanol–water partition coefficient (Wildman–Crippen LogP) is 2.54. The van der Waals surface area contributed by atoms with Crippen molar-refractivity contribution >= 4 is 34.9 Å². The van der Waals surface area contributed by atoms with Crippen LogP contribution in [-0.4, -0.2) is 41.4 Å². The molecule has 142 valence electrons. The Bertz CT molecular complexity index is 891. The van der Waals surface area contributed by atoms with Crippen molar-refractivity contribution < 1.29 is 29.3 Å². The zero-order chi connectivity index (χ0) is 20.1. The van der Waals surface area contributed by atoms with Crippen LogP contribution in [0.15, 0.2) is 30.3 Å². The molecule has 0 saturated carbocycles. The average Bonchev–Trinajstić information content (AvgIpc) is 2.63. The summed E-state index contributed by atoms with van der Waals surface area (Å²) in [4.78, 5) is 23.6. The monoisotopic (exact) mass is 390 g/mol. The summed E-state index contributed by atoms with van der Waals surface area (Å²) < 4.78 is 10.2. The summed E-state index contributed by atoms with van der Waals surface area (Å²) >= 11 is 5.10. The van der Waals surface area contributed by atoms with Gasteiger partial charge in [0, 0.05) is 17.3 Å². The zero-order valence-electron chi connectivity index (χ0n) is 14.8. The number of carboxylic acids is 1. The van der Waals surface area contributed by atoms with E-state index in [4.69, 9.17) is 26.8 Å². The molecule has 0 aliphatic rings. The van der Waals surface area contributed by atoms with E-state index in [9.17, 15) is 14.7 Å². The minimum absolute atomic E-state index is 0.0387. The maximum absolute atomic E-state index is 12.4. The lowest BCUT2D eigenvalue weighted by Gasteiger charge is -2.13. The number of phenols is 1. The highest BCUT2D eigenvalue weighted by Crippen LogP contribution is 2.26. The van der Waals surface area contributed by atoms with E-state index >= 15 is 0 Å². The minimum Gasteiger partial charge on any atom is -0.507 e. The van der Waals surface area contributed by atoms with E-state index in [-0.39, 0.29) is 22.0 Å². The van der Waals surface area contributed by atoms with Gasteiger partial charge in [0.25, 0.3) is 5.91 Å². The van der Waals surface area contributed by atoms with E-state index in [0.29, 0.717) is 22.7 Å². The quantitative estimate of drug-likeness (QED) is 0.455. The van der Waals surface area contributed by atoms with Crippen molar-refractivity contribution in [2.45, 2.75) is 6.92 Å². The first kappa shape index (κ1) is 20.0. The fourth-order valence-corrected chi connectivity index (χ4v) is 2.50. The molecular weight excluding hydrogens is 372 g/mol. The third-order valence-corrected chi connectivity index (χ3v) is 3.83. The standard InChI is InChI=1S/C18H18N2O6S/c1-9-4-11(7-14(15(9)21)17(23)24)19-18(27)20-16(22)10-5-12(25-2)8-13(6-10)26-3/h4-8,21H,1-3H3,(H,23,24)(H2,19,20,22,27). The number of thiocarbonyl (C=S) groups is 1. The number of carbonyl (C=O) groups is 2. The number of carbonyl (C=O) groups excluding carboxylic acids is 1. The van der Waals surface area contributed by atoms with Crippen LogP contribution in [0, 0.1) is 6.92 Å². The Balaban J connectivity index is 2.16. The Kier molecular flexibility index (Phi) is 6.19. The third-order valence-electron chi connectivity index (χ3n) is 3.63. The van der Waals surface area contributed by atoms with Gasteiger partial charge in [-0.25, -0.2) is 4.79 Å². The summed E-state index contributed by atoms with van der Waals surface area (Å²) in [7, 11) is 2.94. The van der Waals surface area contributed by atoms with E-state index in [1.807, 2.05) is 0 Å². The molecule has 0 aliphatic carbocycles. The number of methoxy groups -OCH3 is 2. The molecule has 0 saturated heterocycles. The van der Waals surface area contributed by atoms with E-state index < -0.39 is 11.9 Å². The number of aromatic carboxylic acids is 1. The molecule has 27 heavy (non-hydrogen) atoms. The third kappa shape index (κ3) is 4.85. The zero-order valence-corrected chi connectivity index (χ0v) is 15.6. The number of anilines is 1. The molecule has 0 radical (unpaired) electrons. The van der Waals surface area contributed by atoms with Crippen molar-refractivity contribution in [3.05, 3.63) is 47.0 Å². The van der Waals surface area contributed by atoms with Crippen LogP contribution in [0.25, 0.3) is 0 Å². The van der Waals surface area contributed by atoms with Crippen LogP contribution in [0.1, 0.15) is 26.3 Å². The number of benzene rings is 2. The van der Waals surface area contributed by atoms with Crippen molar-refractivity contribution in [2.24, 2.45) is 0 Å². The van der Waals surface area contributed by atoms with Crippen LogP contribution in [-0.2, 0) is 0 Å². The Hall–Kier alpha value is -3.33. The van der Waals surface area contributed by atoms with Crippen LogP contribution in [0.4, 0.5) is 5.69 Å². The van der Waals surface area contributed by atoms with E-state index in [1.165, 1.54) is 38.5 Å². The molecule has 9 heteroatoms. The normalized spacial score (nSPS) is 10.0. The Labute approximate surface area is 160 Å². The first-order valence-electron chi connectivity index (χ1n) is 7.67. The number of aromatic hydroxyl groups is 1. The second kappa shape index (κ2) is 8.37. The summed E-state index contributed by atoms with van der Waals surface area (Å²) in [5.41, 5.74) is 0.660. The van der Waals surface area contributed by atoms with E-state index in [1.54, 1.807) is 13.0 Å². The van der Waals surface area contributed by atoms with Gasteiger partial charge in [0.2, 0.25) is 0 Å². The Morgan fingerprint density at radius 2 is 1.63 bits per heavy atom. The van der Waals surface area contributed by atoms with E-state index in [0.717, 1.165) is 0 Å². The number of rotatable bonds is 5. The first-order valence-corrected chi connectivity index (χ1v) is 8.08. The van der Waals surface area contributed by atoms with Crippen molar-refractivity contribution in [1.29, 1.82) is 0 Å². The number of ether oxygens (including phenoxy) is 2. The molecule has 0 aromatic heterocycles. The van der Waals surface area contributed by atoms with Gasteiger partial charge in [0.05, 0.1) is 14.2 Å². The van der Waals surface area contributed by atoms with Gasteiger partial charge in [-0.2, -0.15) is 0 Å². The highest BCUT2D eigenvalue weighted by Gasteiger charge is 2.15. The van der Waals surface area contributed by atoms with Gasteiger partial charge < -0.3 is 25.0 Å². The lowest BCUT2D eigenvalue weighted by Crippen LogP contribution is -2.34. The number of hydrogen-bond acceptors (Lipinski definition) is 6. The number of hydrogen-bond donors (Lipinski definition) is 4. The smallest absolute Gasteiger partial charge is 0.339 e. The molecule has 2 rings (SSSR count). The number of aryl methyl sites for hydroxylation is 1. The van der Waals surface area contributed by atoms with E-state index in [2.05, 4.69) is 10.6 Å². The van der Waals surface area contributed by atoms with Crippen molar-refractivity contribution in [3.63, 3.8) is 0 Å². The van der Waals surface area contributed by atoms with Crippen LogP contribution in [0.5, 0.6) is 17.2 Å². The van der Waals surface area contributed by atoms with Gasteiger partial charge in [-0.05, 0) is 49.0 Å². The van der Waals surface area contributed by atoms with Gasteiger partial charge in [-0.3, -0.25) is 10.1 Å². The second-order valence-electron chi connectivity index (χ2n) is 5.50. The Morgan fingerprint density at radius 3 is 2.15 bits per heavy atom. The van der Waals surface area contributed by atoms with Gasteiger partial charge in [0.1, 0.15) is 22.8 Å². The van der Waals surface area contributed by atoms with Gasteiger partial charge >= 0.3 is 5.97 Å². The first-order chi connectivity index (χ1) is 12.7. The SMILES string of the molecule is COc1cc(OC)cc(C(=O)NC(=S)Nc2cc(C)c(O)c(C(=O)O)c2)c1. The molecule has 8 nitrogen and oxygen atoms in total. The largest absolute Gasteiger partial charge is 0.507 e. The highest BCUT2D eigenvalue weighted by atomic mass is 32.1. The van der Waals surface area contributed by atoms with Crippen LogP contribution >= 0.6 is 12.2 Å². The van der Waals surface area contributed by atoms with Gasteiger partial charge in [-0.15, -0.1) is 0 Å². The molecule has 0 fully saturated rings. The van der Waals surface area contributed by atoms with Crippen molar-refractivity contribution in [3.8, 4) is 17.2 Å². The molecule has 0 heterocycles. The molecule has 0 unspecified atom stereocenters. The molecule has 0 aliphatic heterocycles. The average molecular weight is 390 g/mol. The number of amides is 1. The molecule has 0 bridgehead atoms. The molecule has 1 amide bonds. The summed E-state index contributed by atoms with van der Waals surface area (Å²) in [6.45, 7) is 1.55. The highest BCUT2D eigenvalue weighted by molar-refractivity contribution is 7.80. The fraction of sp³-hybridized carbons (Fsp3) is 0.167. The maximum atomic E-state index is 12.4. The van der Waals surface area contributed by atoms with Crippen molar-refractivity contribution in [2.75, 3.05) is 19.5 Å². The number of carboxylic acid groups (broad SMARTS) is 1. The Morgan fingerprint density at radius 1 is 1.04 bits per heavy atom. The van der Waals surface area contributed by atoms with Crippen LogP contribution in [0.2, 0.25) is 0 Å². The summed E-state index contributed by atoms with van der Waals surface area (Å²) in [5.74, 6) is -1.22. The lowest BCUT2D eigenvalue weighted by atomic mass is 10.1. The van der Waals surface area contributed by atoms with Gasteiger partial charge in [0.15, 0.2) is 5.11 Å². The van der Waals surface area contributed by atoms with Gasteiger partial charge in [-0.1, -0.05) is 0 Å². The molecule has 4 N–H and O–H groups in total. The minimum atomic E-state index is -1.28. The van der Waals surface area contributed by atoms with Crippen LogP contribution in [0.3, 0.4) is 0 Å².